The van der Waals surface area contributed by atoms with Crippen molar-refractivity contribution in [1.29, 1.82) is 0 Å². The van der Waals surface area contributed by atoms with Gasteiger partial charge in [-0.05, 0) is 13.3 Å². The number of nitrogens with two attached hydrogens (primary N) is 1. The SMILES string of the molecule is CCCc1nc(C)ncc1N. The van der Waals surface area contributed by atoms with Crippen LogP contribution in [0.15, 0.2) is 6.20 Å². The average Bonchev–Trinajstić information content (AvgIpc) is 1.98. The molecule has 1 rings (SSSR count). The molecule has 0 atom stereocenters. The van der Waals surface area contributed by atoms with E-state index in [1.165, 1.54) is 0 Å². The second-order valence-corrected chi connectivity index (χ2v) is 2.57. The molecule has 0 aliphatic rings. The Hall–Kier alpha value is -1.12. The first-order valence-electron chi connectivity index (χ1n) is 3.82. The maximum Gasteiger partial charge on any atom is 0.125 e. The predicted molar refractivity (Wildman–Crippen MR) is 45.2 cm³/mol. The van der Waals surface area contributed by atoms with Gasteiger partial charge >= 0.3 is 0 Å². The molecule has 2 N–H and O–H groups in total. The molecule has 3 heteroatoms. The Labute approximate surface area is 66.7 Å². The van der Waals surface area contributed by atoms with Crippen LogP contribution in [0.25, 0.3) is 0 Å². The van der Waals surface area contributed by atoms with Gasteiger partial charge in [0.25, 0.3) is 0 Å². The van der Waals surface area contributed by atoms with Crippen LogP contribution >= 0.6 is 0 Å². The van der Waals surface area contributed by atoms with Crippen molar-refractivity contribution in [3.63, 3.8) is 0 Å². The average molecular weight is 151 g/mol. The monoisotopic (exact) mass is 151 g/mol. The Morgan fingerprint density at radius 2 is 2.27 bits per heavy atom. The number of hydrogen-bond donors (Lipinski definition) is 1. The number of nitrogen functional groups attached to an aromatic ring is 1. The van der Waals surface area contributed by atoms with Gasteiger partial charge in [-0.3, -0.25) is 0 Å². The Bertz CT molecular complexity index is 245. The molecule has 0 unspecified atom stereocenters. The number of rotatable bonds is 2. The van der Waals surface area contributed by atoms with Gasteiger partial charge in [-0.15, -0.1) is 0 Å². The van der Waals surface area contributed by atoms with Crippen LogP contribution in [-0.4, -0.2) is 9.97 Å². The summed E-state index contributed by atoms with van der Waals surface area (Å²) < 4.78 is 0. The Balaban J connectivity index is 2.93. The van der Waals surface area contributed by atoms with Crippen LogP contribution in [0.5, 0.6) is 0 Å². The zero-order valence-electron chi connectivity index (χ0n) is 6.96. The van der Waals surface area contributed by atoms with E-state index in [-0.39, 0.29) is 0 Å². The molecule has 1 aromatic heterocycles. The molecule has 0 spiro atoms. The van der Waals surface area contributed by atoms with Crippen LogP contribution in [0.4, 0.5) is 5.69 Å². The molecule has 11 heavy (non-hydrogen) atoms. The lowest BCUT2D eigenvalue weighted by atomic mass is 10.2. The van der Waals surface area contributed by atoms with E-state index in [4.69, 9.17) is 5.73 Å². The Morgan fingerprint density at radius 1 is 1.55 bits per heavy atom. The number of hydrogen-bond acceptors (Lipinski definition) is 3. The van der Waals surface area contributed by atoms with Crippen molar-refractivity contribution in [3.05, 3.63) is 17.7 Å². The van der Waals surface area contributed by atoms with Crippen molar-refractivity contribution >= 4 is 5.69 Å². The molecule has 0 aliphatic heterocycles. The van der Waals surface area contributed by atoms with Gasteiger partial charge in [0.2, 0.25) is 0 Å². The third-order valence-corrected chi connectivity index (χ3v) is 1.51. The van der Waals surface area contributed by atoms with Gasteiger partial charge in [-0.2, -0.15) is 0 Å². The third kappa shape index (κ3) is 1.90. The van der Waals surface area contributed by atoms with Crippen LogP contribution in [0.1, 0.15) is 24.9 Å². The molecule has 3 nitrogen and oxygen atoms in total. The summed E-state index contributed by atoms with van der Waals surface area (Å²) in [6.45, 7) is 3.98. The van der Waals surface area contributed by atoms with Gasteiger partial charge < -0.3 is 5.73 Å². The van der Waals surface area contributed by atoms with Gasteiger partial charge in [0.05, 0.1) is 17.6 Å². The van der Waals surface area contributed by atoms with E-state index in [9.17, 15) is 0 Å². The smallest absolute Gasteiger partial charge is 0.125 e. The molecule has 0 saturated carbocycles. The normalized spacial score (nSPS) is 10.0. The van der Waals surface area contributed by atoms with Crippen molar-refractivity contribution in [2.75, 3.05) is 5.73 Å². The molecule has 0 aliphatic carbocycles. The summed E-state index contributed by atoms with van der Waals surface area (Å²) in [5.41, 5.74) is 7.33. The summed E-state index contributed by atoms with van der Waals surface area (Å²) in [6.07, 6.45) is 3.68. The highest BCUT2D eigenvalue weighted by molar-refractivity contribution is 5.40. The molecule has 0 bridgehead atoms. The topological polar surface area (TPSA) is 51.8 Å². The summed E-state index contributed by atoms with van der Waals surface area (Å²) in [5, 5.41) is 0. The second kappa shape index (κ2) is 3.32. The van der Waals surface area contributed by atoms with E-state index in [0.717, 1.165) is 24.4 Å². The molecule has 1 heterocycles. The molecule has 0 saturated heterocycles. The van der Waals surface area contributed by atoms with E-state index >= 15 is 0 Å². The van der Waals surface area contributed by atoms with Gasteiger partial charge in [0, 0.05) is 0 Å². The lowest BCUT2D eigenvalue weighted by Gasteiger charge is -2.02. The largest absolute Gasteiger partial charge is 0.396 e. The zero-order valence-corrected chi connectivity index (χ0v) is 6.96. The maximum atomic E-state index is 5.65. The highest BCUT2D eigenvalue weighted by atomic mass is 14.9. The summed E-state index contributed by atoms with van der Waals surface area (Å²) in [7, 11) is 0. The second-order valence-electron chi connectivity index (χ2n) is 2.57. The van der Waals surface area contributed by atoms with Crippen LogP contribution in [0.2, 0.25) is 0 Å². The fourth-order valence-electron chi connectivity index (χ4n) is 0.963. The van der Waals surface area contributed by atoms with Crippen molar-refractivity contribution in [2.45, 2.75) is 26.7 Å². The molecular weight excluding hydrogens is 138 g/mol. The highest BCUT2D eigenvalue weighted by Gasteiger charge is 1.99. The zero-order chi connectivity index (χ0) is 8.27. The first-order chi connectivity index (χ1) is 5.24. The third-order valence-electron chi connectivity index (χ3n) is 1.51. The Kier molecular flexibility index (Phi) is 2.41. The van der Waals surface area contributed by atoms with Gasteiger partial charge in [-0.25, -0.2) is 9.97 Å². The molecule has 0 fully saturated rings. The van der Waals surface area contributed by atoms with Crippen LogP contribution in [0.3, 0.4) is 0 Å². The van der Waals surface area contributed by atoms with E-state index in [1.807, 2.05) is 6.92 Å². The predicted octanol–water partition coefficient (Wildman–Crippen LogP) is 1.32. The van der Waals surface area contributed by atoms with Gasteiger partial charge in [-0.1, -0.05) is 13.3 Å². The van der Waals surface area contributed by atoms with Crippen LogP contribution < -0.4 is 5.73 Å². The Morgan fingerprint density at radius 3 is 2.91 bits per heavy atom. The van der Waals surface area contributed by atoms with E-state index < -0.39 is 0 Å². The molecule has 0 amide bonds. The number of aryl methyl sites for hydroxylation is 2. The number of anilines is 1. The van der Waals surface area contributed by atoms with Crippen molar-refractivity contribution < 1.29 is 0 Å². The minimum atomic E-state index is 0.706. The molecule has 0 radical (unpaired) electrons. The summed E-state index contributed by atoms with van der Waals surface area (Å²) in [6, 6.07) is 0. The minimum absolute atomic E-state index is 0.706. The number of aromatic nitrogens is 2. The minimum Gasteiger partial charge on any atom is -0.396 e. The lowest BCUT2D eigenvalue weighted by molar-refractivity contribution is 0.861. The molecule has 0 aromatic carbocycles. The lowest BCUT2D eigenvalue weighted by Crippen LogP contribution is -2.00. The molecule has 60 valence electrons. The fraction of sp³-hybridized carbons (Fsp3) is 0.500. The first-order valence-corrected chi connectivity index (χ1v) is 3.82. The fourth-order valence-corrected chi connectivity index (χ4v) is 0.963. The van der Waals surface area contributed by atoms with Gasteiger partial charge in [0.15, 0.2) is 0 Å². The van der Waals surface area contributed by atoms with E-state index in [0.29, 0.717) is 5.69 Å². The summed E-state index contributed by atoms with van der Waals surface area (Å²) >= 11 is 0. The number of nitrogens with zero attached hydrogens (tertiary/aromatic N) is 2. The van der Waals surface area contributed by atoms with Crippen molar-refractivity contribution in [1.82, 2.24) is 9.97 Å². The molecular formula is C8H13N3. The van der Waals surface area contributed by atoms with E-state index in [2.05, 4.69) is 16.9 Å². The van der Waals surface area contributed by atoms with E-state index in [1.54, 1.807) is 6.20 Å². The quantitative estimate of drug-likeness (QED) is 0.693. The summed E-state index contributed by atoms with van der Waals surface area (Å²) in [4.78, 5) is 8.21. The standard InChI is InChI=1S/C8H13N3/c1-3-4-8-7(9)5-10-6(2)11-8/h5H,3-4,9H2,1-2H3. The molecule has 1 aromatic rings. The van der Waals surface area contributed by atoms with Crippen molar-refractivity contribution in [3.8, 4) is 0 Å². The van der Waals surface area contributed by atoms with Gasteiger partial charge in [0.1, 0.15) is 5.82 Å². The van der Waals surface area contributed by atoms with Crippen LogP contribution in [0, 0.1) is 6.92 Å². The maximum absolute atomic E-state index is 5.65. The first kappa shape index (κ1) is 7.98. The van der Waals surface area contributed by atoms with Crippen molar-refractivity contribution in [2.24, 2.45) is 0 Å². The summed E-state index contributed by atoms with van der Waals surface area (Å²) in [5.74, 6) is 0.794. The van der Waals surface area contributed by atoms with Crippen LogP contribution in [-0.2, 0) is 6.42 Å². The highest BCUT2D eigenvalue weighted by Crippen LogP contribution is 2.08.